The Hall–Kier alpha value is -1.12. The van der Waals surface area contributed by atoms with E-state index in [0.29, 0.717) is 12.2 Å². The van der Waals surface area contributed by atoms with E-state index in [2.05, 4.69) is 20.4 Å². The summed E-state index contributed by atoms with van der Waals surface area (Å²) in [5.74, 6) is 0.135. The second-order valence-corrected chi connectivity index (χ2v) is 7.18. The predicted octanol–water partition coefficient (Wildman–Crippen LogP) is 2.64. The first-order valence-electron chi connectivity index (χ1n) is 6.70. The van der Waals surface area contributed by atoms with Crippen molar-refractivity contribution in [1.82, 2.24) is 0 Å². The molecular formula is C15H20O3. The summed E-state index contributed by atoms with van der Waals surface area (Å²) < 4.78 is 5.67. The molecule has 0 aromatic rings. The molecule has 3 heteroatoms. The van der Waals surface area contributed by atoms with E-state index >= 15 is 0 Å². The van der Waals surface area contributed by atoms with Crippen LogP contribution in [0.4, 0.5) is 0 Å². The van der Waals surface area contributed by atoms with Crippen molar-refractivity contribution in [3.8, 4) is 0 Å². The Kier molecular flexibility index (Phi) is 2.16. The molecule has 98 valence electrons. The molecule has 4 saturated carbocycles. The van der Waals surface area contributed by atoms with Gasteiger partial charge < -0.3 is 4.74 Å². The van der Waals surface area contributed by atoms with Crippen molar-refractivity contribution < 1.29 is 14.3 Å². The third-order valence-electron chi connectivity index (χ3n) is 5.09. The van der Waals surface area contributed by atoms with Crippen LogP contribution in [0.2, 0.25) is 0 Å². The van der Waals surface area contributed by atoms with Gasteiger partial charge in [-0.3, -0.25) is 4.79 Å². The summed E-state index contributed by atoms with van der Waals surface area (Å²) in [7, 11) is 0. The summed E-state index contributed by atoms with van der Waals surface area (Å²) in [5, 5.41) is 0. The van der Waals surface area contributed by atoms with Gasteiger partial charge in [-0.05, 0) is 37.5 Å². The zero-order chi connectivity index (χ0) is 13.2. The minimum atomic E-state index is -0.413. The maximum atomic E-state index is 12.4. The molecular weight excluding hydrogens is 228 g/mol. The van der Waals surface area contributed by atoms with E-state index < -0.39 is 5.60 Å². The summed E-state index contributed by atoms with van der Waals surface area (Å²) in [6.45, 7) is 7.75. The van der Waals surface area contributed by atoms with E-state index in [1.54, 1.807) is 0 Å². The third-order valence-corrected chi connectivity index (χ3v) is 5.09. The Balaban J connectivity index is 1.97. The standard InChI is InChI=1S/C15H20O3/c1-4-11(16)18-15-6-10-5-13(2,8-15)7-14(3,9-15)12(10)17/h4,10H,1,5-9H2,2-3H3. The highest BCUT2D eigenvalue weighted by Gasteiger charge is 2.65. The summed E-state index contributed by atoms with van der Waals surface area (Å²) in [5.41, 5.74) is -0.537. The maximum Gasteiger partial charge on any atom is 0.330 e. The topological polar surface area (TPSA) is 43.4 Å². The SMILES string of the molecule is C=CC(=O)OC12CC3CC(C)(C1)CC(C)(C2)C3=O. The fourth-order valence-electron chi connectivity index (χ4n) is 5.24. The number of ether oxygens (including phenoxy) is 1. The lowest BCUT2D eigenvalue weighted by molar-refractivity contribution is -0.209. The highest BCUT2D eigenvalue weighted by atomic mass is 16.6. The van der Waals surface area contributed by atoms with Crippen LogP contribution in [0.3, 0.4) is 0 Å². The van der Waals surface area contributed by atoms with E-state index in [4.69, 9.17) is 4.74 Å². The van der Waals surface area contributed by atoms with Gasteiger partial charge in [0.1, 0.15) is 11.4 Å². The molecule has 4 unspecified atom stereocenters. The van der Waals surface area contributed by atoms with Gasteiger partial charge in [0.15, 0.2) is 0 Å². The molecule has 0 N–H and O–H groups in total. The molecule has 0 aliphatic heterocycles. The molecule has 4 aliphatic carbocycles. The Morgan fingerprint density at radius 1 is 1.33 bits per heavy atom. The first-order chi connectivity index (χ1) is 8.30. The van der Waals surface area contributed by atoms with Crippen LogP contribution in [-0.2, 0) is 14.3 Å². The monoisotopic (exact) mass is 248 g/mol. The largest absolute Gasteiger partial charge is 0.456 e. The molecule has 0 spiro atoms. The van der Waals surface area contributed by atoms with E-state index in [-0.39, 0.29) is 22.7 Å². The minimum Gasteiger partial charge on any atom is -0.456 e. The van der Waals surface area contributed by atoms with Crippen molar-refractivity contribution in [3.63, 3.8) is 0 Å². The van der Waals surface area contributed by atoms with Crippen molar-refractivity contribution in [1.29, 1.82) is 0 Å². The van der Waals surface area contributed by atoms with E-state index in [9.17, 15) is 9.59 Å². The first kappa shape index (κ1) is 11.9. The number of Topliss-reactive ketones (excluding diaryl/α,β-unsaturated/α-hetero) is 1. The molecule has 4 aliphatic rings. The van der Waals surface area contributed by atoms with Crippen LogP contribution in [-0.4, -0.2) is 17.4 Å². The molecule has 0 heterocycles. The molecule has 3 nitrogen and oxygen atoms in total. The van der Waals surface area contributed by atoms with E-state index in [0.717, 1.165) is 25.7 Å². The molecule has 0 radical (unpaired) electrons. The maximum absolute atomic E-state index is 12.4. The van der Waals surface area contributed by atoms with Crippen LogP contribution in [0.25, 0.3) is 0 Å². The molecule has 0 aromatic carbocycles. The quantitative estimate of drug-likeness (QED) is 0.557. The zero-order valence-corrected chi connectivity index (χ0v) is 11.1. The van der Waals surface area contributed by atoms with Crippen LogP contribution < -0.4 is 0 Å². The summed E-state index contributed by atoms with van der Waals surface area (Å²) in [6.07, 6.45) is 5.46. The molecule has 4 bridgehead atoms. The second kappa shape index (κ2) is 3.25. The van der Waals surface area contributed by atoms with Crippen molar-refractivity contribution in [3.05, 3.63) is 12.7 Å². The minimum absolute atomic E-state index is 0.0915. The number of rotatable bonds is 2. The number of carbonyl (C=O) groups excluding carboxylic acids is 2. The molecule has 4 fully saturated rings. The molecule has 4 rings (SSSR count). The van der Waals surface area contributed by atoms with Gasteiger partial charge >= 0.3 is 5.97 Å². The van der Waals surface area contributed by atoms with E-state index in [1.165, 1.54) is 6.08 Å². The van der Waals surface area contributed by atoms with Crippen LogP contribution >= 0.6 is 0 Å². The van der Waals surface area contributed by atoms with Gasteiger partial charge in [0.05, 0.1) is 0 Å². The van der Waals surface area contributed by atoms with Crippen molar-refractivity contribution >= 4 is 11.8 Å². The lowest BCUT2D eigenvalue weighted by Gasteiger charge is -2.63. The lowest BCUT2D eigenvalue weighted by atomic mass is 9.43. The van der Waals surface area contributed by atoms with Crippen molar-refractivity contribution in [2.45, 2.75) is 51.6 Å². The summed E-state index contributed by atoms with van der Waals surface area (Å²) in [6, 6.07) is 0. The van der Waals surface area contributed by atoms with Gasteiger partial charge in [-0.15, -0.1) is 0 Å². The summed E-state index contributed by atoms with van der Waals surface area (Å²) in [4.78, 5) is 23.9. The predicted molar refractivity (Wildman–Crippen MR) is 66.8 cm³/mol. The average Bonchev–Trinajstić information content (AvgIpc) is 2.22. The zero-order valence-electron chi connectivity index (χ0n) is 11.1. The van der Waals surface area contributed by atoms with Crippen LogP contribution in [0.1, 0.15) is 46.0 Å². The fraction of sp³-hybridized carbons (Fsp3) is 0.733. The number of ketones is 1. The van der Waals surface area contributed by atoms with Crippen LogP contribution in [0, 0.1) is 16.7 Å². The van der Waals surface area contributed by atoms with Gasteiger partial charge in [0, 0.05) is 17.4 Å². The molecule has 0 saturated heterocycles. The van der Waals surface area contributed by atoms with Gasteiger partial charge in [-0.1, -0.05) is 20.4 Å². The highest BCUT2D eigenvalue weighted by Crippen LogP contribution is 2.65. The first-order valence-corrected chi connectivity index (χ1v) is 6.70. The Morgan fingerprint density at radius 3 is 2.67 bits per heavy atom. The average molecular weight is 248 g/mol. The Bertz CT molecular complexity index is 455. The van der Waals surface area contributed by atoms with Gasteiger partial charge in [-0.2, -0.15) is 0 Å². The third kappa shape index (κ3) is 1.49. The lowest BCUT2D eigenvalue weighted by Crippen LogP contribution is -2.64. The smallest absolute Gasteiger partial charge is 0.330 e. The highest BCUT2D eigenvalue weighted by molar-refractivity contribution is 5.90. The van der Waals surface area contributed by atoms with Crippen molar-refractivity contribution in [2.75, 3.05) is 0 Å². The molecule has 18 heavy (non-hydrogen) atoms. The van der Waals surface area contributed by atoms with Crippen molar-refractivity contribution in [2.24, 2.45) is 16.7 Å². The molecule has 0 amide bonds. The second-order valence-electron chi connectivity index (χ2n) is 7.18. The van der Waals surface area contributed by atoms with Gasteiger partial charge in [-0.25, -0.2) is 4.79 Å². The molecule has 4 atom stereocenters. The normalized spacial score (nSPS) is 49.2. The Labute approximate surface area is 108 Å². The molecule has 0 aromatic heterocycles. The number of esters is 1. The van der Waals surface area contributed by atoms with Crippen LogP contribution in [0.5, 0.6) is 0 Å². The fourth-order valence-corrected chi connectivity index (χ4v) is 5.24. The Morgan fingerprint density at radius 2 is 2.06 bits per heavy atom. The number of carbonyl (C=O) groups is 2. The number of hydrogen-bond acceptors (Lipinski definition) is 3. The van der Waals surface area contributed by atoms with E-state index in [1.807, 2.05) is 0 Å². The number of hydrogen-bond donors (Lipinski definition) is 0. The van der Waals surface area contributed by atoms with Gasteiger partial charge in [0.2, 0.25) is 0 Å². The van der Waals surface area contributed by atoms with Crippen LogP contribution in [0.15, 0.2) is 12.7 Å². The van der Waals surface area contributed by atoms with Gasteiger partial charge in [0.25, 0.3) is 0 Å². The summed E-state index contributed by atoms with van der Waals surface area (Å²) >= 11 is 0.